The summed E-state index contributed by atoms with van der Waals surface area (Å²) in [5.41, 5.74) is 0.724. The van der Waals surface area contributed by atoms with Gasteiger partial charge in [-0.25, -0.2) is 4.79 Å². The number of H-pyrrole nitrogens is 1. The van der Waals surface area contributed by atoms with Gasteiger partial charge in [-0.1, -0.05) is 30.3 Å². The first kappa shape index (κ1) is 15.3. The molecule has 0 aliphatic heterocycles. The number of hydrogen-bond donors (Lipinski definition) is 2. The second kappa shape index (κ2) is 5.89. The minimum atomic E-state index is -0.823. The minimum Gasteiger partial charge on any atom is -0.506 e. The Balaban J connectivity index is 2.36. The Morgan fingerprint density at radius 2 is 2.00 bits per heavy atom. The summed E-state index contributed by atoms with van der Waals surface area (Å²) >= 11 is 1.37. The maximum atomic E-state index is 12.1. The predicted molar refractivity (Wildman–Crippen MR) is 90.2 cm³/mol. The van der Waals surface area contributed by atoms with E-state index >= 15 is 0 Å². The Hall–Kier alpha value is -2.60. The molecule has 0 aliphatic rings. The fourth-order valence-electron chi connectivity index (χ4n) is 2.60. The third kappa shape index (κ3) is 2.51. The Morgan fingerprint density at radius 3 is 2.65 bits per heavy atom. The molecule has 0 bridgehead atoms. The zero-order valence-electron chi connectivity index (χ0n) is 12.7. The van der Waals surface area contributed by atoms with Crippen LogP contribution in [0.3, 0.4) is 0 Å². The van der Waals surface area contributed by atoms with Crippen molar-refractivity contribution in [3.63, 3.8) is 0 Å². The van der Waals surface area contributed by atoms with Gasteiger partial charge in [0.05, 0.1) is 12.0 Å². The lowest BCUT2D eigenvalue weighted by atomic mass is 10.0. The van der Waals surface area contributed by atoms with E-state index in [0.29, 0.717) is 10.2 Å². The molecule has 0 fully saturated rings. The van der Waals surface area contributed by atoms with Crippen molar-refractivity contribution < 1.29 is 14.6 Å². The standard InChI is InChI=1S/C17H15NO4S/c1-3-22-17(21)13-14(19)12-11(10-7-5-4-6-8-10)9(2)23-16(12)18-15(13)20/h4-8H,3H2,1-2H3,(H2,18,19,20). The van der Waals surface area contributed by atoms with Crippen molar-refractivity contribution in [1.29, 1.82) is 0 Å². The third-order valence-electron chi connectivity index (χ3n) is 3.55. The molecular formula is C17H15NO4S. The second-order valence-corrected chi connectivity index (χ2v) is 6.23. The fraction of sp³-hybridized carbons (Fsp3) is 0.176. The van der Waals surface area contributed by atoms with Crippen LogP contribution in [0.25, 0.3) is 21.3 Å². The Bertz CT molecular complexity index is 941. The largest absolute Gasteiger partial charge is 0.506 e. The maximum Gasteiger partial charge on any atom is 0.347 e. The van der Waals surface area contributed by atoms with Gasteiger partial charge >= 0.3 is 5.97 Å². The summed E-state index contributed by atoms with van der Waals surface area (Å²) in [6.45, 7) is 3.69. The monoisotopic (exact) mass is 329 g/mol. The van der Waals surface area contributed by atoms with E-state index in [4.69, 9.17) is 4.74 Å². The highest BCUT2D eigenvalue weighted by molar-refractivity contribution is 7.19. The van der Waals surface area contributed by atoms with Crippen LogP contribution in [0.1, 0.15) is 22.2 Å². The summed E-state index contributed by atoms with van der Waals surface area (Å²) in [4.78, 5) is 28.3. The van der Waals surface area contributed by atoms with Crippen LogP contribution < -0.4 is 5.56 Å². The average Bonchev–Trinajstić information content (AvgIpc) is 2.84. The Kier molecular flexibility index (Phi) is 3.92. The highest BCUT2D eigenvalue weighted by Crippen LogP contribution is 2.42. The van der Waals surface area contributed by atoms with Crippen LogP contribution in [-0.2, 0) is 4.74 Å². The average molecular weight is 329 g/mol. The lowest BCUT2D eigenvalue weighted by molar-refractivity contribution is 0.0521. The van der Waals surface area contributed by atoms with Gasteiger partial charge in [-0.15, -0.1) is 11.3 Å². The third-order valence-corrected chi connectivity index (χ3v) is 4.57. The summed E-state index contributed by atoms with van der Waals surface area (Å²) in [5.74, 6) is -1.15. The van der Waals surface area contributed by atoms with Crippen LogP contribution >= 0.6 is 11.3 Å². The maximum absolute atomic E-state index is 12.1. The predicted octanol–water partition coefficient (Wildman–Crippen LogP) is 3.45. The van der Waals surface area contributed by atoms with E-state index in [9.17, 15) is 14.7 Å². The number of benzene rings is 1. The van der Waals surface area contributed by atoms with Crippen molar-refractivity contribution in [3.8, 4) is 16.9 Å². The van der Waals surface area contributed by atoms with E-state index in [0.717, 1.165) is 16.0 Å². The van der Waals surface area contributed by atoms with E-state index < -0.39 is 11.5 Å². The number of thiophene rings is 1. The van der Waals surface area contributed by atoms with Gasteiger partial charge in [0, 0.05) is 10.4 Å². The number of rotatable bonds is 3. The highest BCUT2D eigenvalue weighted by Gasteiger charge is 2.24. The van der Waals surface area contributed by atoms with Crippen LogP contribution in [0.5, 0.6) is 5.75 Å². The first-order chi connectivity index (χ1) is 11.0. The number of carbonyl (C=O) groups excluding carboxylic acids is 1. The van der Waals surface area contributed by atoms with Gasteiger partial charge in [0.2, 0.25) is 0 Å². The summed E-state index contributed by atoms with van der Waals surface area (Å²) in [7, 11) is 0. The van der Waals surface area contributed by atoms with E-state index in [-0.39, 0.29) is 17.9 Å². The molecule has 0 unspecified atom stereocenters. The van der Waals surface area contributed by atoms with Gasteiger partial charge in [0.15, 0.2) is 5.56 Å². The molecule has 2 heterocycles. The Morgan fingerprint density at radius 1 is 1.30 bits per heavy atom. The van der Waals surface area contributed by atoms with Gasteiger partial charge in [0.25, 0.3) is 5.56 Å². The molecule has 0 atom stereocenters. The summed E-state index contributed by atoms with van der Waals surface area (Å²) in [5, 5.41) is 11.0. The van der Waals surface area contributed by atoms with Crippen LogP contribution in [0.2, 0.25) is 0 Å². The topological polar surface area (TPSA) is 79.4 Å². The van der Waals surface area contributed by atoms with Crippen molar-refractivity contribution in [2.45, 2.75) is 13.8 Å². The summed E-state index contributed by atoms with van der Waals surface area (Å²) in [6, 6.07) is 9.53. The minimum absolute atomic E-state index is 0.129. The van der Waals surface area contributed by atoms with E-state index in [1.54, 1.807) is 6.92 Å². The molecule has 0 saturated carbocycles. The number of pyridine rings is 1. The summed E-state index contributed by atoms with van der Waals surface area (Å²) in [6.07, 6.45) is 0. The van der Waals surface area contributed by atoms with Crippen LogP contribution in [0.15, 0.2) is 35.1 Å². The van der Waals surface area contributed by atoms with Crippen LogP contribution in [-0.4, -0.2) is 22.7 Å². The number of aromatic hydroxyl groups is 1. The van der Waals surface area contributed by atoms with Gasteiger partial charge in [-0.3, -0.25) is 4.79 Å². The number of carbonyl (C=O) groups is 1. The molecule has 0 radical (unpaired) electrons. The van der Waals surface area contributed by atoms with Crippen molar-refractivity contribution in [2.75, 3.05) is 6.61 Å². The first-order valence-electron chi connectivity index (χ1n) is 7.15. The van der Waals surface area contributed by atoms with Gasteiger partial charge in [-0.05, 0) is 19.4 Å². The van der Waals surface area contributed by atoms with Crippen molar-refractivity contribution in [3.05, 3.63) is 51.1 Å². The molecule has 1 aromatic carbocycles. The molecule has 5 nitrogen and oxygen atoms in total. The molecule has 3 aromatic rings. The number of hydrogen-bond acceptors (Lipinski definition) is 5. The first-order valence-corrected chi connectivity index (χ1v) is 7.97. The quantitative estimate of drug-likeness (QED) is 0.721. The molecule has 2 N–H and O–H groups in total. The number of ether oxygens (including phenoxy) is 1. The second-order valence-electron chi connectivity index (χ2n) is 5.00. The molecule has 2 aromatic heterocycles. The number of nitrogens with one attached hydrogen (secondary N) is 1. The van der Waals surface area contributed by atoms with Crippen LogP contribution in [0, 0.1) is 6.92 Å². The van der Waals surface area contributed by atoms with Gasteiger partial charge in [0.1, 0.15) is 10.6 Å². The zero-order valence-corrected chi connectivity index (χ0v) is 13.5. The Labute approximate surface area is 136 Å². The number of fused-ring (bicyclic) bond motifs is 1. The van der Waals surface area contributed by atoms with Crippen molar-refractivity contribution in [1.82, 2.24) is 4.98 Å². The molecular weight excluding hydrogens is 314 g/mol. The highest BCUT2D eigenvalue weighted by atomic mass is 32.1. The smallest absolute Gasteiger partial charge is 0.347 e. The van der Waals surface area contributed by atoms with Crippen molar-refractivity contribution in [2.24, 2.45) is 0 Å². The lowest BCUT2D eigenvalue weighted by Crippen LogP contribution is -2.19. The van der Waals surface area contributed by atoms with Gasteiger partial charge < -0.3 is 14.8 Å². The van der Waals surface area contributed by atoms with E-state index in [1.807, 2.05) is 37.3 Å². The molecule has 0 saturated heterocycles. The molecule has 3 rings (SSSR count). The normalized spacial score (nSPS) is 10.9. The van der Waals surface area contributed by atoms with E-state index in [2.05, 4.69) is 4.98 Å². The number of aromatic amines is 1. The summed E-state index contributed by atoms with van der Waals surface area (Å²) < 4.78 is 4.88. The zero-order chi connectivity index (χ0) is 16.6. The molecule has 6 heteroatoms. The SMILES string of the molecule is CCOC(=O)c1c(O)c2c(-c3ccccc3)c(C)sc2[nH]c1=O. The lowest BCUT2D eigenvalue weighted by Gasteiger charge is -2.07. The van der Waals surface area contributed by atoms with Gasteiger partial charge in [-0.2, -0.15) is 0 Å². The molecule has 0 amide bonds. The molecule has 0 aliphatic carbocycles. The fourth-order valence-corrected chi connectivity index (χ4v) is 3.67. The molecule has 118 valence electrons. The molecule has 23 heavy (non-hydrogen) atoms. The van der Waals surface area contributed by atoms with Crippen LogP contribution in [0.4, 0.5) is 0 Å². The number of aromatic nitrogens is 1. The van der Waals surface area contributed by atoms with Crippen molar-refractivity contribution >= 4 is 27.5 Å². The number of aryl methyl sites for hydroxylation is 1. The number of esters is 1. The van der Waals surface area contributed by atoms with E-state index in [1.165, 1.54) is 11.3 Å². The molecule has 0 spiro atoms.